The van der Waals surface area contributed by atoms with E-state index < -0.39 is 5.41 Å². The molecule has 4 aromatic rings. The summed E-state index contributed by atoms with van der Waals surface area (Å²) in [5.74, 6) is 1.18. The third-order valence-electron chi connectivity index (χ3n) is 8.16. The summed E-state index contributed by atoms with van der Waals surface area (Å²) in [5, 5.41) is 13.8. The number of nitrogens with two attached hydrogens (primary N) is 1. The van der Waals surface area contributed by atoms with Crippen molar-refractivity contribution < 1.29 is 23.8 Å². The van der Waals surface area contributed by atoms with Crippen molar-refractivity contribution in [3.8, 4) is 11.5 Å². The van der Waals surface area contributed by atoms with Gasteiger partial charge in [0.1, 0.15) is 11.6 Å². The number of nitrogen functional groups attached to an aromatic ring is 1. The predicted octanol–water partition coefficient (Wildman–Crippen LogP) is 4.09. The van der Waals surface area contributed by atoms with E-state index in [1.807, 2.05) is 30.3 Å². The number of carbonyl (C=O) groups excluding carboxylic acids is 1. The number of fused-ring (bicyclic) bond motifs is 1. The summed E-state index contributed by atoms with van der Waals surface area (Å²) < 4.78 is 24.3. The molecule has 1 aliphatic heterocycles. The van der Waals surface area contributed by atoms with Gasteiger partial charge in [0.25, 0.3) is 0 Å². The van der Waals surface area contributed by atoms with Crippen molar-refractivity contribution in [2.45, 2.75) is 25.2 Å². The van der Waals surface area contributed by atoms with Gasteiger partial charge in [0.2, 0.25) is 11.9 Å². The van der Waals surface area contributed by atoms with Crippen LogP contribution < -0.4 is 25.4 Å². The maximum absolute atomic E-state index is 13.9. The number of amides is 1. The molecule has 0 aliphatic carbocycles. The fourth-order valence-electron chi connectivity index (χ4n) is 5.64. The second-order valence-electron chi connectivity index (χ2n) is 10.7. The molecule has 1 fully saturated rings. The minimum Gasteiger partial charge on any atom is -0.493 e. The summed E-state index contributed by atoms with van der Waals surface area (Å²) in [7, 11) is 3.13. The molecule has 1 unspecified atom stereocenters. The number of halogens is 1. The number of carbonyl (C=O) groups is 1. The van der Waals surface area contributed by atoms with Crippen LogP contribution in [0.1, 0.15) is 29.9 Å². The Morgan fingerprint density at radius 3 is 2.36 bits per heavy atom. The Bertz CT molecular complexity index is 1530. The molecule has 0 bridgehead atoms. The number of aliphatic hydroxyl groups excluding tert-OH is 1. The summed E-state index contributed by atoms with van der Waals surface area (Å²) in [5.41, 5.74) is 8.16. The molecule has 0 saturated carbocycles. The van der Waals surface area contributed by atoms with Crippen LogP contribution in [0.25, 0.3) is 10.9 Å². The number of benzene rings is 3. The van der Waals surface area contributed by atoms with Gasteiger partial charge >= 0.3 is 0 Å². The molecule has 220 valence electrons. The Morgan fingerprint density at radius 2 is 1.71 bits per heavy atom. The fourth-order valence-corrected chi connectivity index (χ4v) is 5.64. The number of aliphatic hydroxyl groups is 1. The second-order valence-corrected chi connectivity index (χ2v) is 10.7. The monoisotopic (exact) mass is 573 g/mol. The van der Waals surface area contributed by atoms with Crippen LogP contribution in [0.4, 0.5) is 16.2 Å². The van der Waals surface area contributed by atoms with E-state index in [0.29, 0.717) is 66.5 Å². The molecule has 4 N–H and O–H groups in total. The van der Waals surface area contributed by atoms with E-state index in [-0.39, 0.29) is 30.8 Å². The lowest BCUT2D eigenvalue weighted by molar-refractivity contribution is -0.132. The number of nitrogens with zero attached hydrogens (tertiary/aromatic N) is 3. The van der Waals surface area contributed by atoms with E-state index in [1.54, 1.807) is 38.5 Å². The number of nitrogens with one attached hydrogen (secondary N) is 1. The zero-order valence-electron chi connectivity index (χ0n) is 23.8. The molecule has 1 aromatic heterocycles. The standard InChI is InChI=1S/C32H36FN5O4/c1-41-27-16-25-26(17-28(27)42-2)36-31(37-29(25)34)38-14-12-32(13-15-38,18-21-6-4-3-5-7-21)30(40)35-19-23(20-39)22-8-10-24(33)11-9-22/h3-11,16-17,23,39H,12-15,18-20H2,1-2H3,(H,35,40)(H2,34,36,37). The molecular formula is C32H36FN5O4. The average Bonchev–Trinajstić information content (AvgIpc) is 3.02. The fraction of sp³-hybridized carbons (Fsp3) is 0.344. The van der Waals surface area contributed by atoms with Gasteiger partial charge in [0, 0.05) is 37.0 Å². The summed E-state index contributed by atoms with van der Waals surface area (Å²) in [6, 6.07) is 19.5. The third kappa shape index (κ3) is 6.08. The molecule has 0 spiro atoms. The average molecular weight is 574 g/mol. The second kappa shape index (κ2) is 12.6. The molecule has 9 nitrogen and oxygen atoms in total. The molecule has 3 aromatic carbocycles. The Morgan fingerprint density at radius 1 is 1.05 bits per heavy atom. The Balaban J connectivity index is 1.36. The largest absolute Gasteiger partial charge is 0.493 e. The van der Waals surface area contributed by atoms with Gasteiger partial charge in [0.05, 0.1) is 31.8 Å². The number of anilines is 2. The van der Waals surface area contributed by atoms with Gasteiger partial charge in [-0.05, 0) is 48.6 Å². The van der Waals surface area contributed by atoms with Crippen molar-refractivity contribution in [2.75, 3.05) is 51.1 Å². The predicted molar refractivity (Wildman–Crippen MR) is 160 cm³/mol. The van der Waals surface area contributed by atoms with Crippen molar-refractivity contribution in [3.63, 3.8) is 0 Å². The number of hydrogen-bond donors (Lipinski definition) is 3. The zero-order chi connectivity index (χ0) is 29.7. The minimum atomic E-state index is -0.667. The number of aromatic nitrogens is 2. The maximum Gasteiger partial charge on any atom is 0.227 e. The van der Waals surface area contributed by atoms with E-state index in [1.165, 1.54) is 12.1 Å². The number of hydrogen-bond acceptors (Lipinski definition) is 8. The highest BCUT2D eigenvalue weighted by atomic mass is 19.1. The van der Waals surface area contributed by atoms with E-state index in [4.69, 9.17) is 20.2 Å². The molecule has 10 heteroatoms. The highest BCUT2D eigenvalue weighted by Gasteiger charge is 2.42. The molecule has 1 aliphatic rings. The Hall–Kier alpha value is -4.44. The Kier molecular flexibility index (Phi) is 8.72. The van der Waals surface area contributed by atoms with E-state index in [2.05, 4.69) is 15.2 Å². The van der Waals surface area contributed by atoms with Crippen molar-refractivity contribution >= 4 is 28.6 Å². The van der Waals surface area contributed by atoms with Crippen molar-refractivity contribution in [1.29, 1.82) is 0 Å². The lowest BCUT2D eigenvalue weighted by Gasteiger charge is -2.41. The van der Waals surface area contributed by atoms with Crippen molar-refractivity contribution in [2.24, 2.45) is 5.41 Å². The third-order valence-corrected chi connectivity index (χ3v) is 8.16. The normalized spacial score (nSPS) is 15.3. The van der Waals surface area contributed by atoms with Crippen LogP contribution in [-0.4, -0.2) is 61.4 Å². The van der Waals surface area contributed by atoms with Gasteiger partial charge in [-0.3, -0.25) is 4.79 Å². The van der Waals surface area contributed by atoms with Crippen molar-refractivity contribution in [3.05, 3.63) is 83.7 Å². The highest BCUT2D eigenvalue weighted by molar-refractivity contribution is 5.92. The van der Waals surface area contributed by atoms with Gasteiger partial charge < -0.3 is 30.5 Å². The Labute approximate surface area is 244 Å². The molecule has 42 heavy (non-hydrogen) atoms. The molecule has 1 saturated heterocycles. The van der Waals surface area contributed by atoms with Crippen LogP contribution >= 0.6 is 0 Å². The zero-order valence-corrected chi connectivity index (χ0v) is 23.8. The molecule has 1 atom stereocenters. The first-order valence-corrected chi connectivity index (χ1v) is 14.0. The SMILES string of the molecule is COc1cc2nc(N3CCC(Cc4ccccc4)(C(=O)NCC(CO)c4ccc(F)cc4)CC3)nc(N)c2cc1OC. The van der Waals surface area contributed by atoms with Crippen LogP contribution in [0, 0.1) is 11.2 Å². The van der Waals surface area contributed by atoms with Gasteiger partial charge in [-0.2, -0.15) is 4.98 Å². The van der Waals surface area contributed by atoms with Crippen LogP contribution in [0.3, 0.4) is 0 Å². The number of methoxy groups -OCH3 is 2. The molecule has 1 amide bonds. The summed E-state index contributed by atoms with van der Waals surface area (Å²) in [6.45, 7) is 1.19. The first-order chi connectivity index (χ1) is 20.4. The van der Waals surface area contributed by atoms with Crippen LogP contribution in [-0.2, 0) is 11.2 Å². The van der Waals surface area contributed by atoms with Gasteiger partial charge in [-0.15, -0.1) is 0 Å². The summed E-state index contributed by atoms with van der Waals surface area (Å²) >= 11 is 0. The highest BCUT2D eigenvalue weighted by Crippen LogP contribution is 2.38. The molecule has 2 heterocycles. The quantitative estimate of drug-likeness (QED) is 0.259. The lowest BCUT2D eigenvalue weighted by Crippen LogP contribution is -2.51. The van der Waals surface area contributed by atoms with Gasteiger partial charge in [0.15, 0.2) is 11.5 Å². The summed E-state index contributed by atoms with van der Waals surface area (Å²) in [6.07, 6.45) is 1.72. The van der Waals surface area contributed by atoms with Crippen LogP contribution in [0.15, 0.2) is 66.7 Å². The summed E-state index contributed by atoms with van der Waals surface area (Å²) in [4.78, 5) is 25.3. The molecular weight excluding hydrogens is 537 g/mol. The van der Waals surface area contributed by atoms with Crippen LogP contribution in [0.5, 0.6) is 11.5 Å². The topological polar surface area (TPSA) is 123 Å². The first-order valence-electron chi connectivity index (χ1n) is 14.0. The number of piperidine rings is 1. The van der Waals surface area contributed by atoms with Crippen LogP contribution in [0.2, 0.25) is 0 Å². The minimum absolute atomic E-state index is 0.0673. The first kappa shape index (κ1) is 29.1. The van der Waals surface area contributed by atoms with Crippen molar-refractivity contribution in [1.82, 2.24) is 15.3 Å². The van der Waals surface area contributed by atoms with E-state index in [0.717, 1.165) is 11.1 Å². The van der Waals surface area contributed by atoms with Gasteiger partial charge in [-0.25, -0.2) is 9.37 Å². The van der Waals surface area contributed by atoms with Gasteiger partial charge in [-0.1, -0.05) is 42.5 Å². The van der Waals surface area contributed by atoms with E-state index >= 15 is 0 Å². The molecule has 5 rings (SSSR count). The lowest BCUT2D eigenvalue weighted by atomic mass is 9.73. The maximum atomic E-state index is 13.9. The molecule has 0 radical (unpaired) electrons. The van der Waals surface area contributed by atoms with E-state index in [9.17, 15) is 14.3 Å². The smallest absolute Gasteiger partial charge is 0.227 e. The number of ether oxygens (including phenoxy) is 2. The number of rotatable bonds is 10.